The molecule has 2 amide bonds. The van der Waals surface area contributed by atoms with E-state index in [2.05, 4.69) is 4.98 Å². The van der Waals surface area contributed by atoms with Gasteiger partial charge in [-0.15, -0.1) is 11.3 Å². The van der Waals surface area contributed by atoms with Gasteiger partial charge in [0.15, 0.2) is 0 Å². The molecule has 0 saturated carbocycles. The molecule has 29 heavy (non-hydrogen) atoms. The standard InChI is InChI=1S/C20H22ClN3O4S/c1-3-28-13-4-5-15-14(8-13)20(6-7-23(11-20)19(26)27-2)12-24(15)18(25)9-17-22-10-16(21)29-17/h4-5,8,10H,3,6-7,9,11-12H2,1-2H3. The molecule has 154 valence electrons. The number of rotatable bonds is 4. The third-order valence-electron chi connectivity index (χ3n) is 5.52. The number of carbonyl (C=O) groups is 2. The number of fused-ring (bicyclic) bond motifs is 2. The minimum atomic E-state index is -0.341. The summed E-state index contributed by atoms with van der Waals surface area (Å²) in [6.45, 7) is 4.12. The quantitative estimate of drug-likeness (QED) is 0.735. The van der Waals surface area contributed by atoms with Crippen LogP contribution in [0.4, 0.5) is 10.5 Å². The second kappa shape index (κ2) is 7.84. The highest BCUT2D eigenvalue weighted by Crippen LogP contribution is 2.48. The number of anilines is 1. The minimum Gasteiger partial charge on any atom is -0.494 e. The lowest BCUT2D eigenvalue weighted by Gasteiger charge is -2.25. The molecular weight excluding hydrogens is 414 g/mol. The average Bonchev–Trinajstić information content (AvgIpc) is 3.40. The second-order valence-electron chi connectivity index (χ2n) is 7.25. The fourth-order valence-corrected chi connectivity index (χ4v) is 5.18. The van der Waals surface area contributed by atoms with Crippen LogP contribution in [-0.4, -0.2) is 55.2 Å². The van der Waals surface area contributed by atoms with Crippen LogP contribution in [-0.2, 0) is 21.4 Å². The van der Waals surface area contributed by atoms with Crippen molar-refractivity contribution in [2.24, 2.45) is 0 Å². The summed E-state index contributed by atoms with van der Waals surface area (Å²) in [5, 5.41) is 0.691. The molecule has 1 aromatic heterocycles. The van der Waals surface area contributed by atoms with Crippen LogP contribution in [0.3, 0.4) is 0 Å². The first-order valence-electron chi connectivity index (χ1n) is 9.46. The summed E-state index contributed by atoms with van der Waals surface area (Å²) < 4.78 is 11.2. The highest BCUT2D eigenvalue weighted by molar-refractivity contribution is 7.15. The minimum absolute atomic E-state index is 0.0326. The first kappa shape index (κ1) is 20.0. The van der Waals surface area contributed by atoms with Crippen LogP contribution in [0.1, 0.15) is 23.9 Å². The maximum atomic E-state index is 13.1. The Morgan fingerprint density at radius 1 is 1.34 bits per heavy atom. The third kappa shape index (κ3) is 3.67. The number of amides is 2. The van der Waals surface area contributed by atoms with E-state index >= 15 is 0 Å². The Hall–Kier alpha value is -2.32. The molecule has 2 aromatic rings. The lowest BCUT2D eigenvalue weighted by atomic mass is 9.81. The van der Waals surface area contributed by atoms with Crippen LogP contribution in [0.15, 0.2) is 24.4 Å². The Morgan fingerprint density at radius 2 is 2.17 bits per heavy atom. The zero-order valence-electron chi connectivity index (χ0n) is 16.3. The van der Waals surface area contributed by atoms with Crippen molar-refractivity contribution in [3.05, 3.63) is 39.3 Å². The van der Waals surface area contributed by atoms with Crippen molar-refractivity contribution in [3.63, 3.8) is 0 Å². The molecule has 0 N–H and O–H groups in total. The molecule has 1 aromatic carbocycles. The Bertz CT molecular complexity index is 950. The lowest BCUT2D eigenvalue weighted by molar-refractivity contribution is -0.118. The molecule has 3 heterocycles. The highest BCUT2D eigenvalue weighted by Gasteiger charge is 2.50. The van der Waals surface area contributed by atoms with Crippen molar-refractivity contribution in [1.82, 2.24) is 9.88 Å². The highest BCUT2D eigenvalue weighted by atomic mass is 35.5. The van der Waals surface area contributed by atoms with E-state index in [0.29, 0.717) is 35.6 Å². The molecule has 1 atom stereocenters. The zero-order chi connectivity index (χ0) is 20.6. The van der Waals surface area contributed by atoms with Gasteiger partial charge in [0, 0.05) is 30.7 Å². The van der Waals surface area contributed by atoms with E-state index in [1.165, 1.54) is 18.4 Å². The van der Waals surface area contributed by atoms with Crippen LogP contribution in [0, 0.1) is 0 Å². The summed E-state index contributed by atoms with van der Waals surface area (Å²) in [5.41, 5.74) is 1.58. The van der Waals surface area contributed by atoms with Gasteiger partial charge in [-0.05, 0) is 37.1 Å². The molecule has 1 saturated heterocycles. The fraction of sp³-hybridized carbons (Fsp3) is 0.450. The van der Waals surface area contributed by atoms with Crippen molar-refractivity contribution in [2.75, 3.05) is 38.3 Å². The molecule has 1 unspecified atom stereocenters. The van der Waals surface area contributed by atoms with E-state index in [1.54, 1.807) is 16.0 Å². The van der Waals surface area contributed by atoms with E-state index in [0.717, 1.165) is 23.4 Å². The Balaban J connectivity index is 1.66. The second-order valence-corrected chi connectivity index (χ2v) is 9.00. The van der Waals surface area contributed by atoms with Gasteiger partial charge in [-0.1, -0.05) is 11.6 Å². The van der Waals surface area contributed by atoms with E-state index in [4.69, 9.17) is 21.1 Å². The summed E-state index contributed by atoms with van der Waals surface area (Å²) in [4.78, 5) is 32.9. The number of thiazole rings is 1. The summed E-state index contributed by atoms with van der Waals surface area (Å²) in [6, 6.07) is 5.82. The summed E-state index contributed by atoms with van der Waals surface area (Å²) in [6.07, 6.45) is 2.18. The van der Waals surface area contributed by atoms with E-state index in [9.17, 15) is 9.59 Å². The van der Waals surface area contributed by atoms with Crippen molar-refractivity contribution in [3.8, 4) is 5.75 Å². The number of hydrogen-bond acceptors (Lipinski definition) is 6. The van der Waals surface area contributed by atoms with Crippen LogP contribution in [0.2, 0.25) is 4.34 Å². The van der Waals surface area contributed by atoms with Gasteiger partial charge < -0.3 is 19.3 Å². The van der Waals surface area contributed by atoms with Crippen LogP contribution in [0.25, 0.3) is 0 Å². The Morgan fingerprint density at radius 3 is 2.86 bits per heavy atom. The average molecular weight is 436 g/mol. The van der Waals surface area contributed by atoms with Crippen molar-refractivity contribution < 1.29 is 19.1 Å². The number of ether oxygens (including phenoxy) is 2. The van der Waals surface area contributed by atoms with Gasteiger partial charge in [0.2, 0.25) is 5.91 Å². The predicted molar refractivity (Wildman–Crippen MR) is 111 cm³/mol. The van der Waals surface area contributed by atoms with Gasteiger partial charge in [-0.3, -0.25) is 4.79 Å². The molecule has 0 bridgehead atoms. The Kier molecular flexibility index (Phi) is 5.40. The molecule has 1 spiro atoms. The van der Waals surface area contributed by atoms with Crippen LogP contribution in [0.5, 0.6) is 5.75 Å². The maximum Gasteiger partial charge on any atom is 0.409 e. The third-order valence-corrected chi connectivity index (χ3v) is 6.63. The molecule has 2 aliphatic heterocycles. The molecule has 9 heteroatoms. The summed E-state index contributed by atoms with van der Waals surface area (Å²) >= 11 is 7.27. The molecule has 4 rings (SSSR count). The predicted octanol–water partition coefficient (Wildman–Crippen LogP) is 3.49. The van der Waals surface area contributed by atoms with Gasteiger partial charge in [-0.2, -0.15) is 0 Å². The summed E-state index contributed by atoms with van der Waals surface area (Å²) in [7, 11) is 1.39. The van der Waals surface area contributed by atoms with Gasteiger partial charge in [-0.25, -0.2) is 9.78 Å². The van der Waals surface area contributed by atoms with E-state index in [-0.39, 0.29) is 23.8 Å². The smallest absolute Gasteiger partial charge is 0.409 e. The fourth-order valence-electron chi connectivity index (χ4n) is 4.23. The number of hydrogen-bond donors (Lipinski definition) is 0. The molecule has 7 nitrogen and oxygen atoms in total. The largest absolute Gasteiger partial charge is 0.494 e. The number of benzene rings is 1. The number of nitrogens with zero attached hydrogens (tertiary/aromatic N) is 3. The number of aromatic nitrogens is 1. The van der Waals surface area contributed by atoms with Gasteiger partial charge in [0.25, 0.3) is 0 Å². The molecule has 0 radical (unpaired) electrons. The monoisotopic (exact) mass is 435 g/mol. The number of carbonyl (C=O) groups excluding carboxylic acids is 2. The first-order valence-corrected chi connectivity index (χ1v) is 10.7. The SMILES string of the molecule is CCOc1ccc2c(c1)C1(CCN(C(=O)OC)C1)CN2C(=O)Cc1ncc(Cl)s1. The van der Waals surface area contributed by atoms with Crippen LogP contribution < -0.4 is 9.64 Å². The van der Waals surface area contributed by atoms with Gasteiger partial charge >= 0.3 is 6.09 Å². The lowest BCUT2D eigenvalue weighted by Crippen LogP contribution is -2.40. The van der Waals surface area contributed by atoms with Gasteiger partial charge in [0.05, 0.1) is 26.3 Å². The van der Waals surface area contributed by atoms with Gasteiger partial charge in [0.1, 0.15) is 15.1 Å². The number of likely N-dealkylation sites (tertiary alicyclic amines) is 1. The van der Waals surface area contributed by atoms with Crippen molar-refractivity contribution in [1.29, 1.82) is 0 Å². The molecular formula is C20H22ClN3O4S. The van der Waals surface area contributed by atoms with Crippen molar-refractivity contribution in [2.45, 2.75) is 25.2 Å². The Labute approximate surface area is 178 Å². The van der Waals surface area contributed by atoms with E-state index in [1.807, 2.05) is 25.1 Å². The summed E-state index contributed by atoms with van der Waals surface area (Å²) in [5.74, 6) is 0.734. The van der Waals surface area contributed by atoms with E-state index < -0.39 is 0 Å². The maximum absolute atomic E-state index is 13.1. The van der Waals surface area contributed by atoms with Crippen molar-refractivity contribution >= 4 is 40.6 Å². The topological polar surface area (TPSA) is 72.0 Å². The van der Waals surface area contributed by atoms with Crippen LogP contribution >= 0.6 is 22.9 Å². The normalized spacial score (nSPS) is 20.2. The first-order chi connectivity index (χ1) is 14.0. The zero-order valence-corrected chi connectivity index (χ0v) is 17.9. The molecule has 2 aliphatic rings. The molecule has 1 fully saturated rings. The number of methoxy groups -OCH3 is 1. The number of halogens is 1. The molecule has 0 aliphatic carbocycles.